The number of anilines is 2. The van der Waals surface area contributed by atoms with Gasteiger partial charge in [-0.1, -0.05) is 34.8 Å². The number of benzene rings is 1. The molecule has 0 N–H and O–H groups in total. The maximum atomic E-state index is 13.0. The van der Waals surface area contributed by atoms with Crippen molar-refractivity contribution in [1.82, 2.24) is 9.97 Å². The van der Waals surface area contributed by atoms with Crippen LogP contribution in [-0.4, -0.2) is 27.9 Å². The first-order chi connectivity index (χ1) is 12.5. The van der Waals surface area contributed by atoms with Gasteiger partial charge >= 0.3 is 6.09 Å². The number of rotatable bonds is 4. The lowest BCUT2D eigenvalue weighted by atomic mass is 10.2. The number of carbonyl (C=O) groups excluding carboxylic acids is 2. The van der Waals surface area contributed by atoms with Gasteiger partial charge in [-0.05, 0) is 45.9 Å². The zero-order valence-corrected chi connectivity index (χ0v) is 17.5. The largest absolute Gasteiger partial charge is 0.443 e. The second kappa shape index (κ2) is 8.42. The highest BCUT2D eigenvalue weighted by atomic mass is 35.5. The molecule has 0 atom stereocenters. The Balaban J connectivity index is 2.73. The summed E-state index contributed by atoms with van der Waals surface area (Å²) in [5.74, 6) is 0.446. The summed E-state index contributed by atoms with van der Waals surface area (Å²) in [5, 5.41) is 0.680. The number of hydrogen-bond acceptors (Lipinski definition) is 5. The van der Waals surface area contributed by atoms with Crippen molar-refractivity contribution in [2.45, 2.75) is 39.7 Å². The summed E-state index contributed by atoms with van der Waals surface area (Å²) in [6, 6.07) is 4.63. The van der Waals surface area contributed by atoms with Crippen LogP contribution in [0.4, 0.5) is 16.3 Å². The van der Waals surface area contributed by atoms with Gasteiger partial charge in [0.25, 0.3) is 0 Å². The van der Waals surface area contributed by atoms with Crippen LogP contribution in [-0.2, 0) is 16.0 Å². The van der Waals surface area contributed by atoms with Crippen LogP contribution in [0.15, 0.2) is 18.2 Å². The standard InChI is InChI=1S/C18H18Cl3N3O3/c1-10-22-15(21)12(7-8-25)16(23-10)24(17(26)27-18(2,3)4)14-6-5-11(19)9-13(14)20/h5-6,8-9H,7H2,1-4H3. The predicted octanol–water partition coefficient (Wildman–Crippen LogP) is 5.56. The molecular formula is C18H18Cl3N3O3. The molecular weight excluding hydrogens is 413 g/mol. The van der Waals surface area contributed by atoms with Crippen molar-refractivity contribution < 1.29 is 14.3 Å². The molecule has 9 heteroatoms. The summed E-state index contributed by atoms with van der Waals surface area (Å²) in [5.41, 5.74) is -0.198. The molecule has 0 aliphatic carbocycles. The van der Waals surface area contributed by atoms with Crippen molar-refractivity contribution in [1.29, 1.82) is 0 Å². The molecule has 0 saturated carbocycles. The van der Waals surface area contributed by atoms with Gasteiger partial charge in [0.05, 0.1) is 10.7 Å². The third-order valence-corrected chi connectivity index (χ3v) is 4.12. The second-order valence-electron chi connectivity index (χ2n) is 6.65. The molecule has 144 valence electrons. The third kappa shape index (κ3) is 5.31. The number of halogens is 3. The Bertz CT molecular complexity index is 882. The second-order valence-corrected chi connectivity index (χ2v) is 7.85. The lowest BCUT2D eigenvalue weighted by Gasteiger charge is -2.28. The van der Waals surface area contributed by atoms with E-state index in [4.69, 9.17) is 39.5 Å². The normalized spacial score (nSPS) is 11.2. The van der Waals surface area contributed by atoms with E-state index in [0.717, 1.165) is 0 Å². The Labute approximate surface area is 172 Å². The van der Waals surface area contributed by atoms with E-state index in [1.54, 1.807) is 39.8 Å². The molecule has 0 aliphatic rings. The van der Waals surface area contributed by atoms with Gasteiger partial charge < -0.3 is 9.53 Å². The summed E-state index contributed by atoms with van der Waals surface area (Å²) in [7, 11) is 0. The molecule has 6 nitrogen and oxygen atoms in total. The minimum atomic E-state index is -0.773. The van der Waals surface area contributed by atoms with Crippen molar-refractivity contribution in [3.8, 4) is 0 Å². The van der Waals surface area contributed by atoms with Crippen molar-refractivity contribution >= 4 is 58.7 Å². The van der Waals surface area contributed by atoms with E-state index >= 15 is 0 Å². The van der Waals surface area contributed by atoms with E-state index in [9.17, 15) is 9.59 Å². The summed E-state index contributed by atoms with van der Waals surface area (Å²) in [6.45, 7) is 6.82. The molecule has 0 radical (unpaired) electrons. The SMILES string of the molecule is Cc1nc(Cl)c(CC=O)c(N(C(=O)OC(C)(C)C)c2ccc(Cl)cc2Cl)n1. The quantitative estimate of drug-likeness (QED) is 0.469. The molecule has 1 aromatic heterocycles. The monoisotopic (exact) mass is 429 g/mol. The lowest BCUT2D eigenvalue weighted by Crippen LogP contribution is -2.35. The molecule has 2 rings (SSSR count). The van der Waals surface area contributed by atoms with Crippen LogP contribution in [0.2, 0.25) is 15.2 Å². The Morgan fingerprint density at radius 3 is 2.44 bits per heavy atom. The van der Waals surface area contributed by atoms with Gasteiger partial charge in [-0.2, -0.15) is 0 Å². The molecule has 0 saturated heterocycles. The van der Waals surface area contributed by atoms with Crippen LogP contribution >= 0.6 is 34.8 Å². The highest BCUT2D eigenvalue weighted by Gasteiger charge is 2.30. The van der Waals surface area contributed by atoms with Crippen LogP contribution in [0.5, 0.6) is 0 Å². The first kappa shape index (κ1) is 21.4. The summed E-state index contributed by atoms with van der Waals surface area (Å²) in [4.78, 5) is 33.7. The average molecular weight is 431 g/mol. The van der Waals surface area contributed by atoms with Crippen LogP contribution in [0, 0.1) is 6.92 Å². The number of aromatic nitrogens is 2. The minimum Gasteiger partial charge on any atom is -0.443 e. The highest BCUT2D eigenvalue weighted by Crippen LogP contribution is 2.37. The van der Waals surface area contributed by atoms with Gasteiger partial charge in [-0.25, -0.2) is 19.7 Å². The Morgan fingerprint density at radius 2 is 1.89 bits per heavy atom. The van der Waals surface area contributed by atoms with Gasteiger partial charge in [-0.15, -0.1) is 0 Å². The number of hydrogen-bond donors (Lipinski definition) is 0. The van der Waals surface area contributed by atoms with Crippen LogP contribution in [0.1, 0.15) is 32.2 Å². The molecule has 0 bridgehead atoms. The van der Waals surface area contributed by atoms with Crippen LogP contribution < -0.4 is 4.90 Å². The van der Waals surface area contributed by atoms with Crippen molar-refractivity contribution in [2.75, 3.05) is 4.90 Å². The van der Waals surface area contributed by atoms with E-state index in [0.29, 0.717) is 17.1 Å². The van der Waals surface area contributed by atoms with E-state index in [-0.39, 0.29) is 33.7 Å². The third-order valence-electron chi connectivity index (χ3n) is 3.27. The number of amides is 1. The smallest absolute Gasteiger partial charge is 0.420 e. The van der Waals surface area contributed by atoms with Gasteiger partial charge in [0, 0.05) is 17.0 Å². The van der Waals surface area contributed by atoms with Gasteiger partial charge in [0.2, 0.25) is 0 Å². The Kier molecular flexibility index (Phi) is 6.68. The summed E-state index contributed by atoms with van der Waals surface area (Å²) < 4.78 is 5.51. The van der Waals surface area contributed by atoms with Crippen LogP contribution in [0.3, 0.4) is 0 Å². The van der Waals surface area contributed by atoms with Crippen molar-refractivity contribution in [3.63, 3.8) is 0 Å². The number of aryl methyl sites for hydroxylation is 1. The first-order valence-electron chi connectivity index (χ1n) is 7.98. The maximum absolute atomic E-state index is 13.0. The molecule has 1 amide bonds. The van der Waals surface area contributed by atoms with Gasteiger partial charge in [-0.3, -0.25) is 0 Å². The minimum absolute atomic E-state index is 0.0724. The molecule has 0 aliphatic heterocycles. The fourth-order valence-electron chi connectivity index (χ4n) is 2.26. The average Bonchev–Trinajstić information content (AvgIpc) is 2.51. The van der Waals surface area contributed by atoms with Crippen LogP contribution in [0.25, 0.3) is 0 Å². The first-order valence-corrected chi connectivity index (χ1v) is 9.11. The number of ether oxygens (including phenoxy) is 1. The molecule has 0 fully saturated rings. The fraction of sp³-hybridized carbons (Fsp3) is 0.333. The fourth-order valence-corrected chi connectivity index (χ4v) is 3.04. The molecule has 0 spiro atoms. The number of aldehydes is 1. The van der Waals surface area contributed by atoms with Gasteiger partial charge in [0.15, 0.2) is 5.82 Å². The summed E-state index contributed by atoms with van der Waals surface area (Å²) >= 11 is 18.5. The maximum Gasteiger partial charge on any atom is 0.420 e. The molecule has 1 aromatic carbocycles. The van der Waals surface area contributed by atoms with E-state index < -0.39 is 11.7 Å². The topological polar surface area (TPSA) is 72.4 Å². The molecule has 0 unspecified atom stereocenters. The van der Waals surface area contributed by atoms with E-state index in [1.165, 1.54) is 11.0 Å². The zero-order valence-electron chi connectivity index (χ0n) is 15.2. The molecule has 2 aromatic rings. The van der Waals surface area contributed by atoms with Crippen molar-refractivity contribution in [3.05, 3.63) is 44.8 Å². The zero-order chi connectivity index (χ0) is 20.4. The number of carbonyl (C=O) groups is 2. The van der Waals surface area contributed by atoms with E-state index in [1.807, 2.05) is 0 Å². The van der Waals surface area contributed by atoms with Gasteiger partial charge in [0.1, 0.15) is 22.9 Å². The lowest BCUT2D eigenvalue weighted by molar-refractivity contribution is -0.107. The molecule has 1 heterocycles. The Hall–Kier alpha value is -1.89. The number of nitrogens with zero attached hydrogens (tertiary/aromatic N) is 3. The Morgan fingerprint density at radius 1 is 1.22 bits per heavy atom. The predicted molar refractivity (Wildman–Crippen MR) is 106 cm³/mol. The van der Waals surface area contributed by atoms with Crippen molar-refractivity contribution in [2.24, 2.45) is 0 Å². The highest BCUT2D eigenvalue weighted by molar-refractivity contribution is 6.37. The van der Waals surface area contributed by atoms with E-state index in [2.05, 4.69) is 9.97 Å². The molecule has 27 heavy (non-hydrogen) atoms. The summed E-state index contributed by atoms with van der Waals surface area (Å²) in [6.07, 6.45) is -0.160.